The molecule has 0 unspecified atom stereocenters. The summed E-state index contributed by atoms with van der Waals surface area (Å²) in [6.07, 6.45) is 15.6. The van der Waals surface area contributed by atoms with Crippen molar-refractivity contribution in [2.45, 2.75) is 140 Å². The molecule has 4 fully saturated rings. The van der Waals surface area contributed by atoms with Gasteiger partial charge in [0, 0.05) is 18.1 Å². The van der Waals surface area contributed by atoms with Crippen molar-refractivity contribution < 1.29 is 14.8 Å². The second-order valence-corrected chi connectivity index (χ2v) is 10.8. The normalized spacial score (nSPS) is 28.7. The second-order valence-electron chi connectivity index (χ2n) is 10.8. The molecular weight excluding hydrogens is 392 g/mol. The molecule has 0 aromatic heterocycles. The number of urea groups is 2. The van der Waals surface area contributed by atoms with E-state index in [2.05, 4.69) is 5.32 Å². The molecule has 0 aromatic carbocycles. The maximum atomic E-state index is 13.8. The van der Waals surface area contributed by atoms with Gasteiger partial charge in [0.2, 0.25) is 0 Å². The van der Waals surface area contributed by atoms with Gasteiger partial charge >= 0.3 is 12.1 Å². The van der Waals surface area contributed by atoms with Crippen molar-refractivity contribution in [1.29, 1.82) is 0 Å². The highest BCUT2D eigenvalue weighted by molar-refractivity contribution is 5.82. The summed E-state index contributed by atoms with van der Waals surface area (Å²) in [7, 11) is 0. The molecule has 0 aromatic rings. The van der Waals surface area contributed by atoms with E-state index in [1.165, 1.54) is 19.3 Å². The highest BCUT2D eigenvalue weighted by atomic mass is 16.5. The average Bonchev–Trinajstić information content (AvgIpc) is 3.00. The van der Waals surface area contributed by atoms with Crippen LogP contribution in [0.25, 0.3) is 0 Å². The molecule has 1 heterocycles. The maximum absolute atomic E-state index is 13.8. The number of hydrogen-bond acceptors (Lipinski definition) is 3. The molecule has 31 heavy (non-hydrogen) atoms. The third kappa shape index (κ3) is 4.53. The van der Waals surface area contributed by atoms with Gasteiger partial charge < -0.3 is 10.2 Å². The number of hydrogen-bond donors (Lipinski definition) is 2. The molecule has 0 bridgehead atoms. The van der Waals surface area contributed by atoms with Crippen molar-refractivity contribution in [3.63, 3.8) is 0 Å². The molecule has 7 heteroatoms. The van der Waals surface area contributed by atoms with E-state index in [1.807, 2.05) is 23.6 Å². The van der Waals surface area contributed by atoms with E-state index in [0.29, 0.717) is 0 Å². The first-order valence-corrected chi connectivity index (χ1v) is 12.8. The number of rotatable bonds is 4. The van der Waals surface area contributed by atoms with Crippen LogP contribution < -0.4 is 5.32 Å². The summed E-state index contributed by atoms with van der Waals surface area (Å²) in [6.45, 7) is 4.06. The number of nitrogens with zero attached hydrogens (tertiary/aromatic N) is 3. The molecular formula is C24H42N4O3. The quantitative estimate of drug-likeness (QED) is 0.470. The summed E-state index contributed by atoms with van der Waals surface area (Å²) in [6, 6.07) is -0.0329. The predicted octanol–water partition coefficient (Wildman–Crippen LogP) is 5.23. The van der Waals surface area contributed by atoms with Crippen molar-refractivity contribution in [3.8, 4) is 0 Å². The minimum atomic E-state index is -0.659. The zero-order chi connectivity index (χ0) is 22.0. The molecule has 0 spiro atoms. The molecule has 3 aliphatic carbocycles. The van der Waals surface area contributed by atoms with E-state index >= 15 is 0 Å². The van der Waals surface area contributed by atoms with Gasteiger partial charge in [-0.15, -0.1) is 0 Å². The molecule has 2 N–H and O–H groups in total. The summed E-state index contributed by atoms with van der Waals surface area (Å²) < 4.78 is 0. The molecule has 4 amide bonds. The smallest absolute Gasteiger partial charge is 0.333 e. The van der Waals surface area contributed by atoms with E-state index in [1.54, 1.807) is 0 Å². The molecule has 3 saturated carbocycles. The molecule has 176 valence electrons. The first-order valence-electron chi connectivity index (χ1n) is 12.8. The van der Waals surface area contributed by atoms with E-state index < -0.39 is 17.7 Å². The van der Waals surface area contributed by atoms with Crippen LogP contribution in [0, 0.1) is 0 Å². The van der Waals surface area contributed by atoms with E-state index in [9.17, 15) is 14.8 Å². The van der Waals surface area contributed by atoms with Gasteiger partial charge in [-0.3, -0.25) is 10.1 Å². The lowest BCUT2D eigenvalue weighted by Crippen LogP contribution is -2.62. The summed E-state index contributed by atoms with van der Waals surface area (Å²) in [5, 5.41) is 15.1. The van der Waals surface area contributed by atoms with Gasteiger partial charge in [-0.25, -0.2) is 9.59 Å². The third-order valence-corrected chi connectivity index (χ3v) is 8.22. The van der Waals surface area contributed by atoms with Crippen molar-refractivity contribution in [1.82, 2.24) is 20.2 Å². The highest BCUT2D eigenvalue weighted by Gasteiger charge is 2.58. The Morgan fingerprint density at radius 2 is 1.35 bits per heavy atom. The van der Waals surface area contributed by atoms with Gasteiger partial charge in [0.1, 0.15) is 0 Å². The summed E-state index contributed by atoms with van der Waals surface area (Å²) in [4.78, 5) is 30.8. The van der Waals surface area contributed by atoms with Gasteiger partial charge in [-0.1, -0.05) is 57.8 Å². The third-order valence-electron chi connectivity index (χ3n) is 8.22. The Morgan fingerprint density at radius 3 is 1.90 bits per heavy atom. The lowest BCUT2D eigenvalue weighted by Gasteiger charge is -2.43. The number of carbonyl (C=O) groups is 2. The van der Waals surface area contributed by atoms with Gasteiger partial charge in [0.15, 0.2) is 6.17 Å². The van der Waals surface area contributed by atoms with Crippen LogP contribution in [-0.4, -0.2) is 62.0 Å². The Hall–Kier alpha value is -1.50. The van der Waals surface area contributed by atoms with Gasteiger partial charge in [-0.05, 0) is 52.4 Å². The minimum absolute atomic E-state index is 0.0123. The lowest BCUT2D eigenvalue weighted by atomic mass is 9.89. The molecule has 1 saturated heterocycles. The van der Waals surface area contributed by atoms with Crippen LogP contribution in [-0.2, 0) is 0 Å². The Labute approximate surface area is 187 Å². The Morgan fingerprint density at radius 1 is 0.871 bits per heavy atom. The van der Waals surface area contributed by atoms with Crippen LogP contribution >= 0.6 is 0 Å². The van der Waals surface area contributed by atoms with Gasteiger partial charge in [0.25, 0.3) is 0 Å². The number of hydroxylamine groups is 2. The standard InChI is InChI=1S/C24H42N4O3/c1-24(2)21(28(31)22(29)25-18-12-6-3-7-13-18)26(19-14-8-4-9-15-19)23(30)27(24)20-16-10-5-11-17-20/h18-21,31H,3-17H2,1-2H3,(H,25,29)/t21-/m0/s1. The molecule has 1 aliphatic heterocycles. The second kappa shape index (κ2) is 9.55. The fourth-order valence-electron chi connectivity index (χ4n) is 6.64. The number of nitrogens with one attached hydrogen (secondary N) is 1. The van der Waals surface area contributed by atoms with Crippen LogP contribution in [0.3, 0.4) is 0 Å². The Kier molecular flexibility index (Phi) is 6.99. The van der Waals surface area contributed by atoms with E-state index in [0.717, 1.165) is 82.1 Å². The topological polar surface area (TPSA) is 76.1 Å². The van der Waals surface area contributed by atoms with Crippen molar-refractivity contribution >= 4 is 12.1 Å². The Bertz CT molecular complexity index is 637. The van der Waals surface area contributed by atoms with E-state index in [-0.39, 0.29) is 24.2 Å². The first kappa shape index (κ1) is 22.7. The van der Waals surface area contributed by atoms with Gasteiger partial charge in [0.05, 0.1) is 5.54 Å². The number of carbonyl (C=O) groups excluding carboxylic acids is 2. The fraction of sp³-hybridized carbons (Fsp3) is 0.917. The van der Waals surface area contributed by atoms with Crippen LogP contribution in [0.15, 0.2) is 0 Å². The summed E-state index contributed by atoms with van der Waals surface area (Å²) >= 11 is 0. The zero-order valence-corrected chi connectivity index (χ0v) is 19.5. The highest BCUT2D eigenvalue weighted by Crippen LogP contribution is 2.42. The minimum Gasteiger partial charge on any atom is -0.333 e. The maximum Gasteiger partial charge on any atom is 0.343 e. The molecule has 4 rings (SSSR count). The molecule has 0 radical (unpaired) electrons. The van der Waals surface area contributed by atoms with Crippen molar-refractivity contribution in [2.24, 2.45) is 0 Å². The zero-order valence-electron chi connectivity index (χ0n) is 19.5. The van der Waals surface area contributed by atoms with Crippen LogP contribution in [0.2, 0.25) is 0 Å². The fourth-order valence-corrected chi connectivity index (χ4v) is 6.64. The van der Waals surface area contributed by atoms with Crippen molar-refractivity contribution in [2.75, 3.05) is 0 Å². The largest absolute Gasteiger partial charge is 0.343 e. The molecule has 4 aliphatic rings. The van der Waals surface area contributed by atoms with Crippen LogP contribution in [0.5, 0.6) is 0 Å². The van der Waals surface area contributed by atoms with Crippen LogP contribution in [0.4, 0.5) is 9.59 Å². The van der Waals surface area contributed by atoms with Gasteiger partial charge in [-0.2, -0.15) is 5.06 Å². The molecule has 1 atom stereocenters. The summed E-state index contributed by atoms with van der Waals surface area (Å²) in [5.74, 6) is 0. The summed E-state index contributed by atoms with van der Waals surface area (Å²) in [5.41, 5.74) is -0.644. The van der Waals surface area contributed by atoms with Crippen LogP contribution in [0.1, 0.15) is 110 Å². The molecule has 7 nitrogen and oxygen atoms in total. The monoisotopic (exact) mass is 434 g/mol. The van der Waals surface area contributed by atoms with Crippen molar-refractivity contribution in [3.05, 3.63) is 0 Å². The lowest BCUT2D eigenvalue weighted by molar-refractivity contribution is -0.143. The Balaban J connectivity index is 1.58. The SMILES string of the molecule is CC1(C)[C@H](N(O)C(=O)NC2CCCCC2)N(C2CCCCC2)C(=O)N1C1CCCCC1. The predicted molar refractivity (Wildman–Crippen MR) is 120 cm³/mol. The average molecular weight is 435 g/mol. The first-order chi connectivity index (χ1) is 14.9. The van der Waals surface area contributed by atoms with E-state index in [4.69, 9.17) is 0 Å². The number of amides is 4.